The van der Waals surface area contributed by atoms with E-state index in [-0.39, 0.29) is 11.8 Å². The molecule has 0 aliphatic heterocycles. The van der Waals surface area contributed by atoms with Gasteiger partial charge in [0.1, 0.15) is 5.82 Å². The van der Waals surface area contributed by atoms with E-state index in [9.17, 15) is 4.79 Å². The molecule has 2 rings (SSSR count). The zero-order valence-electron chi connectivity index (χ0n) is 11.1. The van der Waals surface area contributed by atoms with Crippen molar-refractivity contribution in [3.8, 4) is 0 Å². The number of anilines is 2. The Morgan fingerprint density at radius 2 is 2.16 bits per heavy atom. The van der Waals surface area contributed by atoms with E-state index < -0.39 is 0 Å². The Morgan fingerprint density at radius 1 is 1.37 bits per heavy atom. The standard InChI is InChI=1S/C13H16N4OS/c1-8(2)10-6-9(7-11(14-3)16-10)12(18)17-13-15-4-5-19-13/h4-8H,1-3H3,(H,14,16)(H,15,17,18). The zero-order chi connectivity index (χ0) is 13.8. The van der Waals surface area contributed by atoms with Crippen LogP contribution in [0.3, 0.4) is 0 Å². The first-order chi connectivity index (χ1) is 9.10. The summed E-state index contributed by atoms with van der Waals surface area (Å²) in [5, 5.41) is 8.16. The van der Waals surface area contributed by atoms with Crippen LogP contribution in [0.5, 0.6) is 0 Å². The van der Waals surface area contributed by atoms with Gasteiger partial charge < -0.3 is 5.32 Å². The van der Waals surface area contributed by atoms with Gasteiger partial charge in [-0.3, -0.25) is 10.1 Å². The third-order valence-corrected chi connectivity index (χ3v) is 3.30. The van der Waals surface area contributed by atoms with Crippen molar-refractivity contribution in [3.63, 3.8) is 0 Å². The van der Waals surface area contributed by atoms with E-state index in [2.05, 4.69) is 20.6 Å². The molecule has 19 heavy (non-hydrogen) atoms. The molecule has 5 nitrogen and oxygen atoms in total. The number of aromatic nitrogens is 2. The van der Waals surface area contributed by atoms with Crippen LogP contribution in [-0.2, 0) is 0 Å². The molecule has 0 unspecified atom stereocenters. The van der Waals surface area contributed by atoms with E-state index >= 15 is 0 Å². The first kappa shape index (κ1) is 13.5. The predicted molar refractivity (Wildman–Crippen MR) is 77.9 cm³/mol. The van der Waals surface area contributed by atoms with Gasteiger partial charge in [-0.1, -0.05) is 13.8 Å². The quantitative estimate of drug-likeness (QED) is 0.901. The van der Waals surface area contributed by atoms with Gasteiger partial charge in [0.05, 0.1) is 0 Å². The van der Waals surface area contributed by atoms with Crippen molar-refractivity contribution in [2.75, 3.05) is 17.7 Å². The molecule has 0 saturated carbocycles. The molecule has 0 bridgehead atoms. The van der Waals surface area contributed by atoms with Crippen molar-refractivity contribution in [2.24, 2.45) is 0 Å². The fraction of sp³-hybridized carbons (Fsp3) is 0.308. The molecule has 0 aliphatic carbocycles. The van der Waals surface area contributed by atoms with Crippen LogP contribution in [0.1, 0.15) is 35.8 Å². The number of hydrogen-bond acceptors (Lipinski definition) is 5. The Morgan fingerprint density at radius 3 is 2.74 bits per heavy atom. The van der Waals surface area contributed by atoms with E-state index in [1.807, 2.05) is 25.3 Å². The summed E-state index contributed by atoms with van der Waals surface area (Å²) in [5.74, 6) is 0.783. The van der Waals surface area contributed by atoms with E-state index in [0.29, 0.717) is 16.5 Å². The predicted octanol–water partition coefficient (Wildman–Crippen LogP) is 2.96. The van der Waals surface area contributed by atoms with Gasteiger partial charge >= 0.3 is 0 Å². The van der Waals surface area contributed by atoms with Crippen LogP contribution in [0, 0.1) is 0 Å². The first-order valence-corrected chi connectivity index (χ1v) is 6.88. The smallest absolute Gasteiger partial charge is 0.257 e. The van der Waals surface area contributed by atoms with Gasteiger partial charge in [0, 0.05) is 29.9 Å². The summed E-state index contributed by atoms with van der Waals surface area (Å²) in [5.41, 5.74) is 1.47. The summed E-state index contributed by atoms with van der Waals surface area (Å²) in [4.78, 5) is 20.6. The second-order valence-corrected chi connectivity index (χ2v) is 5.26. The molecule has 0 radical (unpaired) electrons. The minimum atomic E-state index is -0.171. The van der Waals surface area contributed by atoms with Crippen LogP contribution in [0.2, 0.25) is 0 Å². The highest BCUT2D eigenvalue weighted by molar-refractivity contribution is 7.13. The number of amides is 1. The number of hydrogen-bond donors (Lipinski definition) is 2. The van der Waals surface area contributed by atoms with Crippen LogP contribution in [0.4, 0.5) is 10.9 Å². The van der Waals surface area contributed by atoms with Crippen molar-refractivity contribution in [2.45, 2.75) is 19.8 Å². The summed E-state index contributed by atoms with van der Waals surface area (Å²) in [7, 11) is 1.79. The van der Waals surface area contributed by atoms with Crippen molar-refractivity contribution in [1.29, 1.82) is 0 Å². The van der Waals surface area contributed by atoms with Crippen molar-refractivity contribution in [1.82, 2.24) is 9.97 Å². The normalized spacial score (nSPS) is 10.5. The van der Waals surface area contributed by atoms with Crippen LogP contribution in [0.25, 0.3) is 0 Å². The highest BCUT2D eigenvalue weighted by Crippen LogP contribution is 2.19. The van der Waals surface area contributed by atoms with Gasteiger partial charge in [0.2, 0.25) is 0 Å². The molecule has 2 N–H and O–H groups in total. The maximum atomic E-state index is 12.2. The second kappa shape index (κ2) is 5.79. The maximum absolute atomic E-state index is 12.2. The van der Waals surface area contributed by atoms with E-state index in [4.69, 9.17) is 0 Å². The molecule has 2 heterocycles. The molecule has 0 spiro atoms. The zero-order valence-corrected chi connectivity index (χ0v) is 11.9. The molecule has 100 valence electrons. The number of nitrogens with one attached hydrogen (secondary N) is 2. The minimum Gasteiger partial charge on any atom is -0.373 e. The molecule has 0 aliphatic rings. The Labute approximate surface area is 116 Å². The van der Waals surface area contributed by atoms with Crippen LogP contribution >= 0.6 is 11.3 Å². The molecule has 1 amide bonds. The lowest BCUT2D eigenvalue weighted by Gasteiger charge is -2.10. The molecular formula is C13H16N4OS. The largest absolute Gasteiger partial charge is 0.373 e. The van der Waals surface area contributed by atoms with E-state index in [0.717, 1.165) is 5.69 Å². The van der Waals surface area contributed by atoms with Crippen LogP contribution < -0.4 is 10.6 Å². The lowest BCUT2D eigenvalue weighted by molar-refractivity contribution is 0.102. The Balaban J connectivity index is 2.27. The number of carbonyl (C=O) groups excluding carboxylic acids is 1. The molecule has 0 aromatic carbocycles. The van der Waals surface area contributed by atoms with Gasteiger partial charge in [0.15, 0.2) is 5.13 Å². The van der Waals surface area contributed by atoms with Crippen LogP contribution in [-0.4, -0.2) is 22.9 Å². The number of carbonyl (C=O) groups is 1. The molecule has 0 fully saturated rings. The van der Waals surface area contributed by atoms with Gasteiger partial charge in [-0.2, -0.15) is 0 Å². The SMILES string of the molecule is CNc1cc(C(=O)Nc2nccs2)cc(C(C)C)n1. The Bertz CT molecular complexity index is 566. The monoisotopic (exact) mass is 276 g/mol. The maximum Gasteiger partial charge on any atom is 0.257 e. The Hall–Kier alpha value is -1.95. The van der Waals surface area contributed by atoms with Gasteiger partial charge in [-0.05, 0) is 18.1 Å². The Kier molecular flexibility index (Phi) is 4.11. The summed E-state index contributed by atoms with van der Waals surface area (Å²) in [6.07, 6.45) is 1.66. The molecule has 0 atom stereocenters. The van der Waals surface area contributed by atoms with Crippen molar-refractivity contribution < 1.29 is 4.79 Å². The fourth-order valence-electron chi connectivity index (χ4n) is 1.56. The summed E-state index contributed by atoms with van der Waals surface area (Å²) in [6, 6.07) is 3.54. The van der Waals surface area contributed by atoms with Gasteiger partial charge in [-0.25, -0.2) is 9.97 Å². The van der Waals surface area contributed by atoms with Crippen molar-refractivity contribution >= 4 is 28.2 Å². The highest BCUT2D eigenvalue weighted by Gasteiger charge is 2.12. The van der Waals surface area contributed by atoms with Crippen LogP contribution in [0.15, 0.2) is 23.7 Å². The minimum absolute atomic E-state index is 0.171. The van der Waals surface area contributed by atoms with Crippen molar-refractivity contribution in [3.05, 3.63) is 35.0 Å². The topological polar surface area (TPSA) is 66.9 Å². The molecular weight excluding hydrogens is 260 g/mol. The molecule has 6 heteroatoms. The van der Waals surface area contributed by atoms with E-state index in [1.54, 1.807) is 19.3 Å². The number of rotatable bonds is 4. The summed E-state index contributed by atoms with van der Waals surface area (Å²) >= 11 is 1.39. The number of pyridine rings is 1. The molecule has 2 aromatic heterocycles. The average molecular weight is 276 g/mol. The molecule has 0 saturated heterocycles. The molecule has 2 aromatic rings. The fourth-order valence-corrected chi connectivity index (χ4v) is 2.09. The number of nitrogens with zero attached hydrogens (tertiary/aromatic N) is 2. The lowest BCUT2D eigenvalue weighted by atomic mass is 10.1. The van der Waals surface area contributed by atoms with Gasteiger partial charge in [0.25, 0.3) is 5.91 Å². The summed E-state index contributed by atoms with van der Waals surface area (Å²) < 4.78 is 0. The highest BCUT2D eigenvalue weighted by atomic mass is 32.1. The third-order valence-electron chi connectivity index (χ3n) is 2.61. The van der Waals surface area contributed by atoms with Gasteiger partial charge in [-0.15, -0.1) is 11.3 Å². The average Bonchev–Trinajstić information content (AvgIpc) is 2.90. The lowest BCUT2D eigenvalue weighted by Crippen LogP contribution is -2.13. The third kappa shape index (κ3) is 3.29. The number of thiazole rings is 1. The summed E-state index contributed by atoms with van der Waals surface area (Å²) in [6.45, 7) is 4.09. The van der Waals surface area contributed by atoms with E-state index in [1.165, 1.54) is 11.3 Å². The second-order valence-electron chi connectivity index (χ2n) is 4.36. The first-order valence-electron chi connectivity index (χ1n) is 6.00.